The molecule has 0 aromatic heterocycles. The van der Waals surface area contributed by atoms with Gasteiger partial charge in [-0.1, -0.05) is 24.3 Å². The molecule has 0 aliphatic carbocycles. The highest BCUT2D eigenvalue weighted by Gasteiger charge is 2.71. The molecule has 2 aromatic carbocycles. The van der Waals surface area contributed by atoms with E-state index in [-0.39, 0.29) is 18.4 Å². The Morgan fingerprint density at radius 1 is 0.929 bits per heavy atom. The van der Waals surface area contributed by atoms with Crippen molar-refractivity contribution in [3.63, 3.8) is 0 Å². The SMILES string of the molecule is O=C(Nc1ccc(OC2CCN(Cc3ccc(C(O)(C(F)(F)F)C(F)(F)F)cc3)CC2)cc1)NC1CS(=O)(=O)CC1O. The van der Waals surface area contributed by atoms with E-state index in [4.69, 9.17) is 4.74 Å². The van der Waals surface area contributed by atoms with E-state index in [9.17, 15) is 49.8 Å². The first-order valence-electron chi connectivity index (χ1n) is 12.9. The molecule has 42 heavy (non-hydrogen) atoms. The Morgan fingerprint density at radius 2 is 1.50 bits per heavy atom. The van der Waals surface area contributed by atoms with Crippen molar-refractivity contribution in [2.75, 3.05) is 29.9 Å². The number of rotatable bonds is 7. The van der Waals surface area contributed by atoms with Crippen molar-refractivity contribution >= 4 is 21.6 Å². The summed E-state index contributed by atoms with van der Waals surface area (Å²) in [7, 11) is -3.41. The zero-order valence-corrected chi connectivity index (χ0v) is 22.8. The van der Waals surface area contributed by atoms with Gasteiger partial charge in [-0.2, -0.15) is 26.3 Å². The molecule has 0 radical (unpaired) electrons. The number of sulfone groups is 1. The number of urea groups is 1. The third-order valence-corrected chi connectivity index (χ3v) is 8.90. The molecular formula is C26H29F6N3O6S. The predicted octanol–water partition coefficient (Wildman–Crippen LogP) is 3.32. The minimum atomic E-state index is -5.94. The van der Waals surface area contributed by atoms with E-state index in [1.165, 1.54) is 0 Å². The highest BCUT2D eigenvalue weighted by molar-refractivity contribution is 7.91. The molecule has 2 heterocycles. The van der Waals surface area contributed by atoms with Crippen molar-refractivity contribution in [1.29, 1.82) is 0 Å². The second-order valence-electron chi connectivity index (χ2n) is 10.4. The van der Waals surface area contributed by atoms with Gasteiger partial charge in [-0.25, -0.2) is 13.2 Å². The first kappa shape index (κ1) is 31.8. The number of anilines is 1. The maximum atomic E-state index is 13.1. The molecule has 2 fully saturated rings. The van der Waals surface area contributed by atoms with Crippen LogP contribution in [-0.4, -0.2) is 84.8 Å². The van der Waals surface area contributed by atoms with E-state index in [1.807, 2.05) is 4.90 Å². The van der Waals surface area contributed by atoms with E-state index in [1.54, 1.807) is 24.3 Å². The molecule has 0 bridgehead atoms. The Hall–Kier alpha value is -3.08. The molecule has 16 heteroatoms. The van der Waals surface area contributed by atoms with Gasteiger partial charge in [0.05, 0.1) is 23.7 Å². The Labute approximate surface area is 237 Å². The molecule has 2 aliphatic heterocycles. The average molecular weight is 626 g/mol. The number of nitrogens with zero attached hydrogens (tertiary/aromatic N) is 1. The minimum absolute atomic E-state index is 0.148. The van der Waals surface area contributed by atoms with E-state index < -0.39 is 57.3 Å². The molecule has 9 nitrogen and oxygen atoms in total. The van der Waals surface area contributed by atoms with E-state index in [2.05, 4.69) is 10.6 Å². The Balaban J connectivity index is 1.24. The number of ether oxygens (including phenoxy) is 1. The van der Waals surface area contributed by atoms with Crippen LogP contribution in [0, 0.1) is 0 Å². The van der Waals surface area contributed by atoms with Crippen LogP contribution in [0.5, 0.6) is 5.75 Å². The minimum Gasteiger partial charge on any atom is -0.490 e. The van der Waals surface area contributed by atoms with Crippen LogP contribution >= 0.6 is 0 Å². The summed E-state index contributed by atoms with van der Waals surface area (Å²) in [5, 5.41) is 24.3. The molecule has 2 saturated heterocycles. The van der Waals surface area contributed by atoms with E-state index >= 15 is 0 Å². The van der Waals surface area contributed by atoms with E-state index in [0.717, 1.165) is 12.1 Å². The normalized spacial score (nSPS) is 22.1. The summed E-state index contributed by atoms with van der Waals surface area (Å²) in [4.78, 5) is 14.1. The Bertz CT molecular complexity index is 1330. The molecular weight excluding hydrogens is 596 g/mol. The van der Waals surface area contributed by atoms with Crippen molar-refractivity contribution in [2.45, 2.75) is 55.6 Å². The van der Waals surface area contributed by atoms with Gasteiger partial charge < -0.3 is 25.6 Å². The summed E-state index contributed by atoms with van der Waals surface area (Å²) in [5.41, 5.74) is -5.36. The Kier molecular flexibility index (Phi) is 9.02. The van der Waals surface area contributed by atoms with Crippen LogP contribution < -0.4 is 15.4 Å². The monoisotopic (exact) mass is 625 g/mol. The second-order valence-corrected chi connectivity index (χ2v) is 12.5. The topological polar surface area (TPSA) is 128 Å². The number of benzene rings is 2. The molecule has 0 spiro atoms. The van der Waals surface area contributed by atoms with Gasteiger partial charge in [-0.05, 0) is 42.7 Å². The van der Waals surface area contributed by atoms with Gasteiger partial charge in [0.25, 0.3) is 5.60 Å². The number of amides is 2. The molecule has 2 amide bonds. The van der Waals surface area contributed by atoms with Crippen LogP contribution in [0.2, 0.25) is 0 Å². The molecule has 2 atom stereocenters. The number of aliphatic hydroxyl groups excluding tert-OH is 1. The lowest BCUT2D eigenvalue weighted by atomic mass is 9.91. The first-order valence-corrected chi connectivity index (χ1v) is 14.7. The number of piperidine rings is 1. The lowest BCUT2D eigenvalue weighted by Crippen LogP contribution is -2.53. The summed E-state index contributed by atoms with van der Waals surface area (Å²) in [6.07, 6.45) is -12.0. The van der Waals surface area contributed by atoms with Crippen LogP contribution in [0.3, 0.4) is 0 Å². The summed E-state index contributed by atoms with van der Waals surface area (Å²) in [6, 6.07) is 8.44. The summed E-state index contributed by atoms with van der Waals surface area (Å²) >= 11 is 0. The quantitative estimate of drug-likeness (QED) is 0.348. The van der Waals surface area contributed by atoms with E-state index in [0.29, 0.717) is 55.1 Å². The van der Waals surface area contributed by atoms with Gasteiger partial charge in [-0.15, -0.1) is 0 Å². The Morgan fingerprint density at radius 3 is 2.00 bits per heavy atom. The molecule has 2 aromatic rings. The maximum Gasteiger partial charge on any atom is 0.430 e. The van der Waals surface area contributed by atoms with Crippen molar-refractivity contribution in [3.05, 3.63) is 59.7 Å². The van der Waals surface area contributed by atoms with Gasteiger partial charge in [0.2, 0.25) is 0 Å². The molecule has 2 unspecified atom stereocenters. The van der Waals surface area contributed by atoms with Gasteiger partial charge >= 0.3 is 18.4 Å². The van der Waals surface area contributed by atoms with Crippen LogP contribution in [0.25, 0.3) is 0 Å². The molecule has 4 rings (SSSR count). The average Bonchev–Trinajstić information content (AvgIpc) is 3.15. The highest BCUT2D eigenvalue weighted by Crippen LogP contribution is 2.50. The fourth-order valence-electron chi connectivity index (χ4n) is 4.89. The summed E-state index contributed by atoms with van der Waals surface area (Å²) in [6.45, 7) is 1.41. The van der Waals surface area contributed by atoms with Crippen molar-refractivity contribution in [3.8, 4) is 5.75 Å². The molecule has 4 N–H and O–H groups in total. The standard InChI is InChI=1S/C26H29F6N3O6S/c27-25(28,29)24(38,26(30,31)32)17-3-1-16(2-4-17)13-35-11-9-20(10-12-35)41-19-7-5-18(6-8-19)33-23(37)34-21-14-42(39,40)15-22(21)36/h1-8,20-22,36,38H,9-15H2,(H2,33,34,37). The summed E-state index contributed by atoms with van der Waals surface area (Å²) in [5.74, 6) is -0.208. The number of carbonyl (C=O) groups is 1. The lowest BCUT2D eigenvalue weighted by Gasteiger charge is -2.33. The van der Waals surface area contributed by atoms with Gasteiger partial charge in [-0.3, -0.25) is 4.90 Å². The van der Waals surface area contributed by atoms with Crippen LogP contribution in [0.4, 0.5) is 36.8 Å². The van der Waals surface area contributed by atoms with Crippen molar-refractivity contribution in [2.24, 2.45) is 0 Å². The number of likely N-dealkylation sites (tertiary alicyclic amines) is 1. The smallest absolute Gasteiger partial charge is 0.430 e. The zero-order chi connectivity index (χ0) is 30.9. The lowest BCUT2D eigenvalue weighted by molar-refractivity contribution is -0.376. The fourth-order valence-corrected chi connectivity index (χ4v) is 6.64. The molecule has 2 aliphatic rings. The number of nitrogens with one attached hydrogen (secondary N) is 2. The number of aliphatic hydroxyl groups is 2. The number of hydrogen-bond acceptors (Lipinski definition) is 7. The first-order chi connectivity index (χ1) is 19.5. The van der Waals surface area contributed by atoms with Gasteiger partial charge in [0, 0.05) is 30.9 Å². The van der Waals surface area contributed by atoms with Gasteiger partial charge in [0.1, 0.15) is 11.9 Å². The van der Waals surface area contributed by atoms with Crippen LogP contribution in [-0.2, 0) is 22.0 Å². The third kappa shape index (κ3) is 7.27. The fraction of sp³-hybridized carbons (Fsp3) is 0.500. The number of carbonyl (C=O) groups excluding carboxylic acids is 1. The number of halogens is 6. The van der Waals surface area contributed by atoms with Crippen molar-refractivity contribution in [1.82, 2.24) is 10.2 Å². The number of hydrogen-bond donors (Lipinski definition) is 4. The number of alkyl halides is 6. The largest absolute Gasteiger partial charge is 0.490 e. The molecule has 232 valence electrons. The third-order valence-electron chi connectivity index (χ3n) is 7.19. The van der Waals surface area contributed by atoms with Crippen LogP contribution in [0.15, 0.2) is 48.5 Å². The van der Waals surface area contributed by atoms with Gasteiger partial charge in [0.15, 0.2) is 9.84 Å². The maximum absolute atomic E-state index is 13.1. The van der Waals surface area contributed by atoms with Crippen molar-refractivity contribution < 1.29 is 54.5 Å². The second kappa shape index (κ2) is 11.9. The zero-order valence-electron chi connectivity index (χ0n) is 22.0. The van der Waals surface area contributed by atoms with Crippen LogP contribution in [0.1, 0.15) is 24.0 Å². The summed E-state index contributed by atoms with van der Waals surface area (Å²) < 4.78 is 108. The predicted molar refractivity (Wildman–Crippen MR) is 138 cm³/mol. The molecule has 0 saturated carbocycles. The highest BCUT2D eigenvalue weighted by atomic mass is 32.2.